The van der Waals surface area contributed by atoms with E-state index in [9.17, 15) is 4.79 Å². The summed E-state index contributed by atoms with van der Waals surface area (Å²) in [6, 6.07) is 0. The molecule has 0 radical (unpaired) electrons. The van der Waals surface area contributed by atoms with Gasteiger partial charge in [-0.2, -0.15) is 5.10 Å². The number of carboxylic acid groups (broad SMARTS) is 1. The van der Waals surface area contributed by atoms with Crippen LogP contribution in [-0.2, 0) is 0 Å². The SMILES string of the molecule is Cc1nnc(-n2cc(C(=O)O)cn2)s1. The Morgan fingerprint density at radius 2 is 2.36 bits per heavy atom. The molecule has 0 saturated carbocycles. The van der Waals surface area contributed by atoms with Gasteiger partial charge in [-0.1, -0.05) is 11.3 Å². The van der Waals surface area contributed by atoms with Crippen LogP contribution in [0.3, 0.4) is 0 Å². The molecule has 6 nitrogen and oxygen atoms in total. The summed E-state index contributed by atoms with van der Waals surface area (Å²) in [6.45, 7) is 1.82. The topological polar surface area (TPSA) is 80.9 Å². The van der Waals surface area contributed by atoms with Crippen LogP contribution in [0.5, 0.6) is 0 Å². The molecule has 72 valence electrons. The van der Waals surface area contributed by atoms with E-state index in [1.54, 1.807) is 0 Å². The van der Waals surface area contributed by atoms with Crippen molar-refractivity contribution in [3.63, 3.8) is 0 Å². The van der Waals surface area contributed by atoms with E-state index in [0.29, 0.717) is 5.13 Å². The normalized spacial score (nSPS) is 10.4. The summed E-state index contributed by atoms with van der Waals surface area (Å²) in [5.74, 6) is -1.00. The molecule has 0 atom stereocenters. The monoisotopic (exact) mass is 210 g/mol. The molecule has 2 heterocycles. The summed E-state index contributed by atoms with van der Waals surface area (Å²) < 4.78 is 1.40. The fourth-order valence-corrected chi connectivity index (χ4v) is 1.54. The van der Waals surface area contributed by atoms with Crippen LogP contribution in [0.2, 0.25) is 0 Å². The average Bonchev–Trinajstić information content (AvgIpc) is 2.70. The van der Waals surface area contributed by atoms with Gasteiger partial charge in [0.05, 0.1) is 11.8 Å². The second kappa shape index (κ2) is 3.18. The molecule has 0 aliphatic rings. The highest BCUT2D eigenvalue weighted by Crippen LogP contribution is 2.13. The average molecular weight is 210 g/mol. The van der Waals surface area contributed by atoms with Crippen LogP contribution in [0.15, 0.2) is 12.4 Å². The van der Waals surface area contributed by atoms with Gasteiger partial charge in [0.25, 0.3) is 0 Å². The first-order valence-electron chi connectivity index (χ1n) is 3.75. The highest BCUT2D eigenvalue weighted by Gasteiger charge is 2.09. The Bertz CT molecular complexity index is 475. The van der Waals surface area contributed by atoms with E-state index in [2.05, 4.69) is 15.3 Å². The fourth-order valence-electron chi connectivity index (χ4n) is 0.917. The molecule has 0 saturated heterocycles. The Balaban J connectivity index is 2.38. The second-order valence-corrected chi connectivity index (χ2v) is 3.74. The molecule has 2 aromatic heterocycles. The zero-order valence-electron chi connectivity index (χ0n) is 7.21. The Kier molecular flexibility index (Phi) is 2.01. The lowest BCUT2D eigenvalue weighted by Crippen LogP contribution is -1.95. The summed E-state index contributed by atoms with van der Waals surface area (Å²) >= 11 is 1.35. The number of aromatic nitrogens is 4. The van der Waals surface area contributed by atoms with E-state index >= 15 is 0 Å². The Labute approximate surface area is 82.8 Å². The maximum atomic E-state index is 10.6. The summed E-state index contributed by atoms with van der Waals surface area (Å²) in [7, 11) is 0. The summed E-state index contributed by atoms with van der Waals surface area (Å²) in [4.78, 5) is 10.6. The van der Waals surface area contributed by atoms with E-state index in [4.69, 9.17) is 5.11 Å². The van der Waals surface area contributed by atoms with Gasteiger partial charge < -0.3 is 5.11 Å². The summed E-state index contributed by atoms with van der Waals surface area (Å²) in [5, 5.41) is 21.5. The molecule has 0 amide bonds. The largest absolute Gasteiger partial charge is 0.478 e. The predicted molar refractivity (Wildman–Crippen MR) is 48.7 cm³/mol. The Morgan fingerprint density at radius 3 is 2.86 bits per heavy atom. The smallest absolute Gasteiger partial charge is 0.338 e. The van der Waals surface area contributed by atoms with Crippen LogP contribution < -0.4 is 0 Å². The van der Waals surface area contributed by atoms with Crippen LogP contribution in [0.4, 0.5) is 0 Å². The molecule has 0 bridgehead atoms. The number of hydrogen-bond acceptors (Lipinski definition) is 5. The van der Waals surface area contributed by atoms with E-state index in [0.717, 1.165) is 5.01 Å². The molecule has 14 heavy (non-hydrogen) atoms. The molecule has 7 heteroatoms. The maximum absolute atomic E-state index is 10.6. The van der Waals surface area contributed by atoms with Crippen LogP contribution in [0.25, 0.3) is 5.13 Å². The van der Waals surface area contributed by atoms with E-state index in [-0.39, 0.29) is 5.56 Å². The minimum atomic E-state index is -1.00. The van der Waals surface area contributed by atoms with Crippen molar-refractivity contribution in [1.29, 1.82) is 0 Å². The molecule has 0 aliphatic heterocycles. The maximum Gasteiger partial charge on any atom is 0.338 e. The minimum absolute atomic E-state index is 0.137. The lowest BCUT2D eigenvalue weighted by atomic mass is 10.4. The first kappa shape index (κ1) is 8.82. The van der Waals surface area contributed by atoms with Gasteiger partial charge in [-0.15, -0.1) is 10.2 Å². The van der Waals surface area contributed by atoms with Crippen molar-refractivity contribution in [2.24, 2.45) is 0 Å². The van der Waals surface area contributed by atoms with Crippen molar-refractivity contribution >= 4 is 17.3 Å². The number of carbonyl (C=O) groups is 1. The molecule has 1 N–H and O–H groups in total. The standard InChI is InChI=1S/C7H6N4O2S/c1-4-9-10-7(14-4)11-3-5(2-8-11)6(12)13/h2-3H,1H3,(H,12,13). The van der Waals surface area contributed by atoms with Crippen LogP contribution >= 0.6 is 11.3 Å². The molecule has 2 aromatic rings. The highest BCUT2D eigenvalue weighted by atomic mass is 32.1. The quantitative estimate of drug-likeness (QED) is 0.790. The van der Waals surface area contributed by atoms with Gasteiger partial charge in [-0.3, -0.25) is 0 Å². The lowest BCUT2D eigenvalue weighted by Gasteiger charge is -1.89. The molecule has 0 aliphatic carbocycles. The van der Waals surface area contributed by atoms with Gasteiger partial charge in [0.1, 0.15) is 5.01 Å². The lowest BCUT2D eigenvalue weighted by molar-refractivity contribution is 0.0697. The van der Waals surface area contributed by atoms with Crippen molar-refractivity contribution < 1.29 is 9.90 Å². The number of aryl methyl sites for hydroxylation is 1. The third-order valence-corrected chi connectivity index (χ3v) is 2.37. The molecule has 0 unspecified atom stereocenters. The van der Waals surface area contributed by atoms with Gasteiger partial charge in [0, 0.05) is 6.20 Å². The minimum Gasteiger partial charge on any atom is -0.478 e. The predicted octanol–water partition coefficient (Wildman–Crippen LogP) is 0.730. The second-order valence-electron chi connectivity index (χ2n) is 2.58. The van der Waals surface area contributed by atoms with Gasteiger partial charge in [-0.05, 0) is 6.92 Å². The van der Waals surface area contributed by atoms with Crippen LogP contribution in [0, 0.1) is 6.92 Å². The van der Waals surface area contributed by atoms with Crippen molar-refractivity contribution in [3.8, 4) is 5.13 Å². The van der Waals surface area contributed by atoms with Crippen LogP contribution in [0.1, 0.15) is 15.4 Å². The third kappa shape index (κ3) is 1.49. The van der Waals surface area contributed by atoms with Gasteiger partial charge in [-0.25, -0.2) is 9.48 Å². The molecule has 0 spiro atoms. The molecule has 0 aromatic carbocycles. The molecule has 2 rings (SSSR count). The van der Waals surface area contributed by atoms with E-state index in [1.807, 2.05) is 6.92 Å². The van der Waals surface area contributed by atoms with Gasteiger partial charge in [0.2, 0.25) is 5.13 Å². The number of carboxylic acids is 1. The molecular weight excluding hydrogens is 204 g/mol. The first-order chi connectivity index (χ1) is 6.66. The van der Waals surface area contributed by atoms with Gasteiger partial charge in [0.15, 0.2) is 0 Å². The number of rotatable bonds is 2. The fraction of sp³-hybridized carbons (Fsp3) is 0.143. The van der Waals surface area contributed by atoms with E-state index in [1.165, 1.54) is 28.4 Å². The number of aromatic carboxylic acids is 1. The molecular formula is C7H6N4O2S. The Hall–Kier alpha value is -1.76. The van der Waals surface area contributed by atoms with Crippen molar-refractivity contribution in [2.75, 3.05) is 0 Å². The van der Waals surface area contributed by atoms with Crippen molar-refractivity contribution in [3.05, 3.63) is 23.0 Å². The van der Waals surface area contributed by atoms with E-state index < -0.39 is 5.97 Å². The zero-order valence-corrected chi connectivity index (χ0v) is 8.02. The summed E-state index contributed by atoms with van der Waals surface area (Å²) in [5.41, 5.74) is 0.137. The van der Waals surface area contributed by atoms with Crippen molar-refractivity contribution in [2.45, 2.75) is 6.92 Å². The van der Waals surface area contributed by atoms with Crippen LogP contribution in [-0.4, -0.2) is 31.1 Å². The van der Waals surface area contributed by atoms with Crippen molar-refractivity contribution in [1.82, 2.24) is 20.0 Å². The third-order valence-electron chi connectivity index (χ3n) is 1.54. The number of hydrogen-bond donors (Lipinski definition) is 1. The van der Waals surface area contributed by atoms with Gasteiger partial charge >= 0.3 is 5.97 Å². The Morgan fingerprint density at radius 1 is 1.57 bits per heavy atom. The molecule has 0 fully saturated rings. The summed E-state index contributed by atoms with van der Waals surface area (Å²) in [6.07, 6.45) is 2.68. The number of nitrogens with zero attached hydrogens (tertiary/aromatic N) is 4. The first-order valence-corrected chi connectivity index (χ1v) is 4.57. The zero-order chi connectivity index (χ0) is 10.1. The highest BCUT2D eigenvalue weighted by molar-refractivity contribution is 7.13.